The van der Waals surface area contributed by atoms with E-state index in [1.165, 1.54) is 6.92 Å². The summed E-state index contributed by atoms with van der Waals surface area (Å²) in [4.78, 5) is 19.9. The van der Waals surface area contributed by atoms with Gasteiger partial charge in [-0.3, -0.25) is 10.2 Å². The highest BCUT2D eigenvalue weighted by Crippen LogP contribution is 2.31. The lowest BCUT2D eigenvalue weighted by Crippen LogP contribution is -2.35. The van der Waals surface area contributed by atoms with E-state index >= 15 is 0 Å². The Morgan fingerprint density at radius 3 is 2.76 bits per heavy atom. The molecule has 1 amide bonds. The summed E-state index contributed by atoms with van der Waals surface area (Å²) in [6.45, 7) is 2.27. The number of halogens is 3. The van der Waals surface area contributed by atoms with Gasteiger partial charge in [0, 0.05) is 32.1 Å². The maximum atomic E-state index is 12.8. The number of rotatable bonds is 3. The van der Waals surface area contributed by atoms with E-state index in [1.54, 1.807) is 4.90 Å². The van der Waals surface area contributed by atoms with Crippen LogP contribution in [0.4, 0.5) is 24.9 Å². The molecule has 116 valence electrons. The third kappa shape index (κ3) is 3.72. The number of nitrogen functional groups attached to an aromatic ring is 1. The molecular weight excluding hydrogens is 289 g/mol. The van der Waals surface area contributed by atoms with Crippen molar-refractivity contribution in [2.75, 3.05) is 23.4 Å². The Kier molecular flexibility index (Phi) is 4.16. The first-order chi connectivity index (χ1) is 9.79. The SMILES string of the molecule is CC(=O)NC1CCN(c2cc(C(F)(F)F)nc(NN)n2)C1. The zero-order valence-corrected chi connectivity index (χ0v) is 11.2. The Morgan fingerprint density at radius 2 is 2.19 bits per heavy atom. The standard InChI is InChI=1S/C11H15F3N6O/c1-6(21)16-7-2-3-20(5-7)9-4-8(11(12,13)14)17-10(18-9)19-15/h4,7H,2-3,5,15H2,1H3,(H,16,21)(H,17,18,19). The van der Waals surface area contributed by atoms with Crippen molar-refractivity contribution in [1.82, 2.24) is 15.3 Å². The zero-order chi connectivity index (χ0) is 15.6. The van der Waals surface area contributed by atoms with Crippen LogP contribution in [-0.4, -0.2) is 35.0 Å². The summed E-state index contributed by atoms with van der Waals surface area (Å²) >= 11 is 0. The molecule has 1 aliphatic heterocycles. The number of aromatic nitrogens is 2. The number of anilines is 2. The third-order valence-electron chi connectivity index (χ3n) is 3.05. The summed E-state index contributed by atoms with van der Waals surface area (Å²) in [5.41, 5.74) is 0.962. The molecule has 1 aromatic rings. The molecule has 0 aromatic carbocycles. The molecule has 10 heteroatoms. The predicted molar refractivity (Wildman–Crippen MR) is 69.3 cm³/mol. The van der Waals surface area contributed by atoms with Crippen molar-refractivity contribution in [2.45, 2.75) is 25.6 Å². The van der Waals surface area contributed by atoms with Gasteiger partial charge in [-0.05, 0) is 6.42 Å². The largest absolute Gasteiger partial charge is 0.433 e. The molecule has 7 nitrogen and oxygen atoms in total. The molecule has 1 fully saturated rings. The summed E-state index contributed by atoms with van der Waals surface area (Å²) in [6.07, 6.45) is -3.95. The quantitative estimate of drug-likeness (QED) is 0.556. The van der Waals surface area contributed by atoms with Crippen molar-refractivity contribution in [3.63, 3.8) is 0 Å². The molecule has 0 saturated carbocycles. The molecule has 0 aliphatic carbocycles. The lowest BCUT2D eigenvalue weighted by atomic mass is 10.2. The number of carbonyl (C=O) groups excluding carboxylic acids is 1. The van der Waals surface area contributed by atoms with Crippen LogP contribution in [0.2, 0.25) is 0 Å². The fourth-order valence-corrected chi connectivity index (χ4v) is 2.18. The monoisotopic (exact) mass is 304 g/mol. The predicted octanol–water partition coefficient (Wildman–Crippen LogP) is 0.496. The van der Waals surface area contributed by atoms with Crippen LogP contribution >= 0.6 is 0 Å². The Hall–Kier alpha value is -2.10. The molecule has 4 N–H and O–H groups in total. The summed E-state index contributed by atoms with van der Waals surface area (Å²) < 4.78 is 38.4. The van der Waals surface area contributed by atoms with Gasteiger partial charge in [-0.1, -0.05) is 0 Å². The lowest BCUT2D eigenvalue weighted by Gasteiger charge is -2.19. The lowest BCUT2D eigenvalue weighted by molar-refractivity contribution is -0.141. The van der Waals surface area contributed by atoms with Gasteiger partial charge in [-0.2, -0.15) is 18.2 Å². The average Bonchev–Trinajstić information content (AvgIpc) is 2.84. The van der Waals surface area contributed by atoms with Crippen LogP contribution in [-0.2, 0) is 11.0 Å². The molecule has 21 heavy (non-hydrogen) atoms. The number of alkyl halides is 3. The van der Waals surface area contributed by atoms with Gasteiger partial charge in [0.25, 0.3) is 0 Å². The Balaban J connectivity index is 2.22. The molecule has 1 unspecified atom stereocenters. The second kappa shape index (κ2) is 5.72. The molecule has 1 atom stereocenters. The van der Waals surface area contributed by atoms with Gasteiger partial charge in [-0.15, -0.1) is 0 Å². The smallest absolute Gasteiger partial charge is 0.354 e. The van der Waals surface area contributed by atoms with Gasteiger partial charge in [0.15, 0.2) is 5.69 Å². The number of amides is 1. The van der Waals surface area contributed by atoms with Gasteiger partial charge in [0.05, 0.1) is 0 Å². The molecule has 1 saturated heterocycles. The van der Waals surface area contributed by atoms with Crippen molar-refractivity contribution < 1.29 is 18.0 Å². The van der Waals surface area contributed by atoms with E-state index < -0.39 is 11.9 Å². The van der Waals surface area contributed by atoms with E-state index in [1.807, 2.05) is 5.43 Å². The first-order valence-electron chi connectivity index (χ1n) is 6.24. The third-order valence-corrected chi connectivity index (χ3v) is 3.05. The van der Waals surface area contributed by atoms with E-state index in [0.717, 1.165) is 6.07 Å². The van der Waals surface area contributed by atoms with E-state index in [9.17, 15) is 18.0 Å². The van der Waals surface area contributed by atoms with Crippen molar-refractivity contribution in [3.05, 3.63) is 11.8 Å². The second-order valence-corrected chi connectivity index (χ2v) is 4.71. The Morgan fingerprint density at radius 1 is 1.48 bits per heavy atom. The summed E-state index contributed by atoms with van der Waals surface area (Å²) in [7, 11) is 0. The molecule has 1 aromatic heterocycles. The average molecular weight is 304 g/mol. The van der Waals surface area contributed by atoms with Gasteiger partial charge >= 0.3 is 6.18 Å². The number of hydrogen-bond acceptors (Lipinski definition) is 6. The normalized spacial score (nSPS) is 18.7. The number of hydrogen-bond donors (Lipinski definition) is 3. The van der Waals surface area contributed by atoms with E-state index in [4.69, 9.17) is 5.84 Å². The molecule has 0 spiro atoms. The molecule has 2 heterocycles. The first kappa shape index (κ1) is 15.3. The number of nitrogens with two attached hydrogens (primary N) is 1. The minimum atomic E-state index is -4.58. The number of carbonyl (C=O) groups is 1. The van der Waals surface area contributed by atoms with Crippen LogP contribution < -0.4 is 21.5 Å². The topological polar surface area (TPSA) is 96.2 Å². The summed E-state index contributed by atoms with van der Waals surface area (Å²) in [5.74, 6) is 4.75. The number of hydrazine groups is 1. The zero-order valence-electron chi connectivity index (χ0n) is 11.2. The van der Waals surface area contributed by atoms with Crippen molar-refractivity contribution >= 4 is 17.7 Å². The van der Waals surface area contributed by atoms with Crippen LogP contribution in [0.25, 0.3) is 0 Å². The maximum absolute atomic E-state index is 12.8. The molecular formula is C11H15F3N6O. The van der Waals surface area contributed by atoms with Gasteiger partial charge in [0.1, 0.15) is 5.82 Å². The van der Waals surface area contributed by atoms with E-state index in [2.05, 4.69) is 15.3 Å². The van der Waals surface area contributed by atoms with Crippen LogP contribution in [0.3, 0.4) is 0 Å². The molecule has 2 rings (SSSR count). The number of nitrogens with one attached hydrogen (secondary N) is 2. The van der Waals surface area contributed by atoms with Crippen molar-refractivity contribution in [1.29, 1.82) is 0 Å². The van der Waals surface area contributed by atoms with Crippen LogP contribution in [0.5, 0.6) is 0 Å². The van der Waals surface area contributed by atoms with Crippen LogP contribution in [0.15, 0.2) is 6.07 Å². The minimum absolute atomic E-state index is 0.110. The molecule has 0 bridgehead atoms. The highest BCUT2D eigenvalue weighted by Gasteiger charge is 2.35. The summed E-state index contributed by atoms with van der Waals surface area (Å²) in [6, 6.07) is 0.762. The fourth-order valence-electron chi connectivity index (χ4n) is 2.18. The fraction of sp³-hybridized carbons (Fsp3) is 0.545. The van der Waals surface area contributed by atoms with Crippen molar-refractivity contribution in [2.24, 2.45) is 5.84 Å². The molecule has 1 aliphatic rings. The Labute approximate surface area is 118 Å². The Bertz CT molecular complexity index is 535. The van der Waals surface area contributed by atoms with Gasteiger partial charge < -0.3 is 10.2 Å². The van der Waals surface area contributed by atoms with Gasteiger partial charge in [-0.25, -0.2) is 10.8 Å². The van der Waals surface area contributed by atoms with Crippen LogP contribution in [0.1, 0.15) is 19.0 Å². The van der Waals surface area contributed by atoms with Crippen molar-refractivity contribution in [3.8, 4) is 0 Å². The highest BCUT2D eigenvalue weighted by atomic mass is 19.4. The highest BCUT2D eigenvalue weighted by molar-refractivity contribution is 5.73. The summed E-state index contributed by atoms with van der Waals surface area (Å²) in [5, 5.41) is 2.73. The maximum Gasteiger partial charge on any atom is 0.433 e. The van der Waals surface area contributed by atoms with Gasteiger partial charge in [0.2, 0.25) is 11.9 Å². The van der Waals surface area contributed by atoms with E-state index in [0.29, 0.717) is 19.5 Å². The van der Waals surface area contributed by atoms with E-state index in [-0.39, 0.29) is 23.7 Å². The first-order valence-corrected chi connectivity index (χ1v) is 6.24. The number of nitrogens with zero attached hydrogens (tertiary/aromatic N) is 3. The van der Waals surface area contributed by atoms with Crippen LogP contribution in [0, 0.1) is 0 Å². The molecule has 0 radical (unpaired) electrons. The second-order valence-electron chi connectivity index (χ2n) is 4.71. The minimum Gasteiger partial charge on any atom is -0.354 e.